The first-order chi connectivity index (χ1) is 7.43. The Bertz CT molecular complexity index is 190. The topological polar surface area (TPSA) is 41.1 Å². The number of nitrogens with one attached hydrogen (secondary N) is 2. The molecule has 3 nitrogen and oxygen atoms in total. The molecule has 0 unspecified atom stereocenters. The van der Waals surface area contributed by atoms with E-state index in [9.17, 15) is 4.79 Å². The van der Waals surface area contributed by atoms with Gasteiger partial charge in [-0.3, -0.25) is 4.79 Å². The molecule has 3 heteroatoms. The Morgan fingerprint density at radius 1 is 1.06 bits per heavy atom. The summed E-state index contributed by atoms with van der Waals surface area (Å²) in [6, 6.07) is 0.971. The van der Waals surface area contributed by atoms with E-state index in [0.29, 0.717) is 12.1 Å². The van der Waals surface area contributed by atoms with Crippen molar-refractivity contribution in [3.63, 3.8) is 0 Å². The van der Waals surface area contributed by atoms with E-state index in [1.165, 1.54) is 0 Å². The SMILES string of the molecule is CC(=O)[C@H](CCCCNC(C)C)NC(C)C. The number of carbonyl (C=O) groups is 1. The average molecular weight is 228 g/mol. The molecule has 2 N–H and O–H groups in total. The fourth-order valence-electron chi connectivity index (χ4n) is 1.67. The van der Waals surface area contributed by atoms with E-state index in [-0.39, 0.29) is 11.8 Å². The Kier molecular flexibility index (Phi) is 8.49. The molecule has 1 atom stereocenters. The Morgan fingerprint density at radius 3 is 2.12 bits per heavy atom. The molecule has 0 aromatic rings. The van der Waals surface area contributed by atoms with Gasteiger partial charge in [-0.05, 0) is 26.3 Å². The fourth-order valence-corrected chi connectivity index (χ4v) is 1.67. The average Bonchev–Trinajstić information content (AvgIpc) is 2.14. The molecule has 96 valence electrons. The largest absolute Gasteiger partial charge is 0.315 e. The minimum absolute atomic E-state index is 0.0408. The van der Waals surface area contributed by atoms with Crippen molar-refractivity contribution >= 4 is 5.78 Å². The lowest BCUT2D eigenvalue weighted by Gasteiger charge is -2.18. The molecule has 0 radical (unpaired) electrons. The van der Waals surface area contributed by atoms with Gasteiger partial charge in [-0.25, -0.2) is 0 Å². The highest BCUT2D eigenvalue weighted by Gasteiger charge is 2.13. The first kappa shape index (κ1) is 15.6. The number of hydrogen-bond donors (Lipinski definition) is 2. The van der Waals surface area contributed by atoms with E-state index >= 15 is 0 Å². The molecule has 0 aliphatic rings. The third-order valence-corrected chi connectivity index (χ3v) is 2.50. The number of rotatable bonds is 9. The molecule has 0 bridgehead atoms. The van der Waals surface area contributed by atoms with Crippen LogP contribution in [0, 0.1) is 0 Å². The van der Waals surface area contributed by atoms with E-state index in [0.717, 1.165) is 25.8 Å². The molecule has 16 heavy (non-hydrogen) atoms. The molecule has 0 saturated heterocycles. The summed E-state index contributed by atoms with van der Waals surface area (Å²) in [6.07, 6.45) is 3.19. The van der Waals surface area contributed by atoms with Crippen LogP contribution in [0.15, 0.2) is 0 Å². The predicted molar refractivity (Wildman–Crippen MR) is 69.7 cm³/mol. The van der Waals surface area contributed by atoms with Crippen molar-refractivity contribution in [3.8, 4) is 0 Å². The smallest absolute Gasteiger partial charge is 0.146 e. The molecule has 0 aliphatic carbocycles. The van der Waals surface area contributed by atoms with Crippen molar-refractivity contribution in [1.82, 2.24) is 10.6 Å². The number of unbranched alkanes of at least 4 members (excludes halogenated alkanes) is 1. The standard InChI is InChI=1S/C13H28N2O/c1-10(2)14-9-7-6-8-13(12(5)16)15-11(3)4/h10-11,13-15H,6-9H2,1-5H3/t13-/m0/s1. The van der Waals surface area contributed by atoms with Gasteiger partial charge in [0.25, 0.3) is 0 Å². The zero-order chi connectivity index (χ0) is 12.6. The minimum atomic E-state index is 0.0408. The molecule has 0 rings (SSSR count). The molecule has 0 heterocycles. The van der Waals surface area contributed by atoms with Crippen molar-refractivity contribution in [1.29, 1.82) is 0 Å². The molecule has 0 fully saturated rings. The third-order valence-electron chi connectivity index (χ3n) is 2.50. The van der Waals surface area contributed by atoms with Crippen molar-refractivity contribution in [3.05, 3.63) is 0 Å². The first-order valence-corrected chi connectivity index (χ1v) is 6.43. The van der Waals surface area contributed by atoms with Crippen LogP contribution in [0.2, 0.25) is 0 Å². The van der Waals surface area contributed by atoms with Gasteiger partial charge in [0.15, 0.2) is 0 Å². The number of hydrogen-bond acceptors (Lipinski definition) is 3. The Labute approximate surface area is 100 Å². The monoisotopic (exact) mass is 228 g/mol. The number of Topliss-reactive ketones (excluding diaryl/α,β-unsaturated/α-hetero) is 1. The van der Waals surface area contributed by atoms with E-state index in [2.05, 4.69) is 38.3 Å². The Morgan fingerprint density at radius 2 is 1.69 bits per heavy atom. The number of carbonyl (C=O) groups excluding carboxylic acids is 1. The fraction of sp³-hybridized carbons (Fsp3) is 0.923. The van der Waals surface area contributed by atoms with Gasteiger partial charge in [0, 0.05) is 12.1 Å². The summed E-state index contributed by atoms with van der Waals surface area (Å²) in [7, 11) is 0. The van der Waals surface area contributed by atoms with Crippen molar-refractivity contribution < 1.29 is 4.79 Å². The second-order valence-corrected chi connectivity index (χ2v) is 5.09. The highest BCUT2D eigenvalue weighted by Crippen LogP contribution is 2.03. The summed E-state index contributed by atoms with van der Waals surface area (Å²) < 4.78 is 0. The van der Waals surface area contributed by atoms with Crippen LogP contribution in [-0.4, -0.2) is 30.5 Å². The quantitative estimate of drug-likeness (QED) is 0.594. The molecular formula is C13H28N2O. The molecule has 0 aromatic heterocycles. The van der Waals surface area contributed by atoms with Crippen LogP contribution in [-0.2, 0) is 4.79 Å². The van der Waals surface area contributed by atoms with Crippen LogP contribution in [0.1, 0.15) is 53.9 Å². The van der Waals surface area contributed by atoms with Gasteiger partial charge in [-0.1, -0.05) is 34.1 Å². The van der Waals surface area contributed by atoms with Crippen molar-refractivity contribution in [2.75, 3.05) is 6.54 Å². The molecule has 0 amide bonds. The second-order valence-electron chi connectivity index (χ2n) is 5.09. The highest BCUT2D eigenvalue weighted by molar-refractivity contribution is 5.81. The predicted octanol–water partition coefficient (Wildman–Crippen LogP) is 2.11. The third kappa shape index (κ3) is 8.86. The zero-order valence-electron chi connectivity index (χ0n) is 11.5. The Balaban J connectivity index is 3.64. The van der Waals surface area contributed by atoms with Crippen LogP contribution >= 0.6 is 0 Å². The first-order valence-electron chi connectivity index (χ1n) is 6.43. The Hall–Kier alpha value is -0.410. The minimum Gasteiger partial charge on any atom is -0.315 e. The molecule has 0 spiro atoms. The highest BCUT2D eigenvalue weighted by atomic mass is 16.1. The summed E-state index contributed by atoms with van der Waals surface area (Å²) in [4.78, 5) is 11.4. The van der Waals surface area contributed by atoms with E-state index in [1.54, 1.807) is 6.92 Å². The van der Waals surface area contributed by atoms with Gasteiger partial charge in [0.1, 0.15) is 5.78 Å². The van der Waals surface area contributed by atoms with Crippen molar-refractivity contribution in [2.24, 2.45) is 0 Å². The lowest BCUT2D eigenvalue weighted by Crippen LogP contribution is -2.39. The van der Waals surface area contributed by atoms with Gasteiger partial charge in [-0.15, -0.1) is 0 Å². The molecule has 0 aliphatic heterocycles. The van der Waals surface area contributed by atoms with Gasteiger partial charge < -0.3 is 10.6 Å². The summed E-state index contributed by atoms with van der Waals surface area (Å²) >= 11 is 0. The van der Waals surface area contributed by atoms with Crippen LogP contribution in [0.3, 0.4) is 0 Å². The molecule has 0 aromatic carbocycles. The van der Waals surface area contributed by atoms with Gasteiger partial charge >= 0.3 is 0 Å². The maximum Gasteiger partial charge on any atom is 0.146 e. The van der Waals surface area contributed by atoms with E-state index < -0.39 is 0 Å². The normalized spacial score (nSPS) is 13.4. The number of ketones is 1. The summed E-state index contributed by atoms with van der Waals surface area (Å²) in [6.45, 7) is 11.2. The van der Waals surface area contributed by atoms with E-state index in [4.69, 9.17) is 0 Å². The van der Waals surface area contributed by atoms with Gasteiger partial charge in [0.2, 0.25) is 0 Å². The van der Waals surface area contributed by atoms with Crippen LogP contribution < -0.4 is 10.6 Å². The maximum absolute atomic E-state index is 11.4. The maximum atomic E-state index is 11.4. The van der Waals surface area contributed by atoms with Crippen LogP contribution in [0.25, 0.3) is 0 Å². The zero-order valence-corrected chi connectivity index (χ0v) is 11.5. The summed E-state index contributed by atoms with van der Waals surface area (Å²) in [5.74, 6) is 0.255. The molecular weight excluding hydrogens is 200 g/mol. The lowest BCUT2D eigenvalue weighted by atomic mass is 10.1. The van der Waals surface area contributed by atoms with Crippen LogP contribution in [0.5, 0.6) is 0 Å². The van der Waals surface area contributed by atoms with Crippen LogP contribution in [0.4, 0.5) is 0 Å². The lowest BCUT2D eigenvalue weighted by molar-refractivity contribution is -0.119. The second kappa shape index (κ2) is 8.71. The summed E-state index contributed by atoms with van der Waals surface area (Å²) in [5.41, 5.74) is 0. The van der Waals surface area contributed by atoms with Gasteiger partial charge in [-0.2, -0.15) is 0 Å². The molecule has 0 saturated carbocycles. The summed E-state index contributed by atoms with van der Waals surface area (Å²) in [5, 5.41) is 6.69. The van der Waals surface area contributed by atoms with E-state index in [1.807, 2.05) is 0 Å². The van der Waals surface area contributed by atoms with Crippen molar-refractivity contribution in [2.45, 2.75) is 72.0 Å². The van der Waals surface area contributed by atoms with Gasteiger partial charge in [0.05, 0.1) is 6.04 Å².